The quantitative estimate of drug-likeness (QED) is 0.865. The Morgan fingerprint density at radius 1 is 1.47 bits per heavy atom. The zero-order chi connectivity index (χ0) is 14.0. The number of amides is 1. The molecule has 2 rings (SSSR count). The molecule has 100 valence electrons. The highest BCUT2D eigenvalue weighted by atomic mass is 32.1. The van der Waals surface area contributed by atoms with E-state index in [9.17, 15) is 9.59 Å². The highest BCUT2D eigenvalue weighted by Crippen LogP contribution is 2.16. The Kier molecular flexibility index (Phi) is 3.70. The first-order valence-electron chi connectivity index (χ1n) is 5.64. The van der Waals surface area contributed by atoms with Crippen molar-refractivity contribution in [1.29, 1.82) is 0 Å². The van der Waals surface area contributed by atoms with Crippen molar-refractivity contribution < 1.29 is 4.79 Å². The topological polar surface area (TPSA) is 101 Å². The van der Waals surface area contributed by atoms with E-state index in [0.29, 0.717) is 11.5 Å². The van der Waals surface area contributed by atoms with Crippen LogP contribution in [0.15, 0.2) is 10.2 Å². The molecule has 0 aliphatic heterocycles. The molecular weight excluding hydrogens is 266 g/mol. The van der Waals surface area contributed by atoms with Gasteiger partial charge in [-0.15, -0.1) is 21.5 Å². The molecule has 8 heteroatoms. The number of aromatic amines is 1. The summed E-state index contributed by atoms with van der Waals surface area (Å²) < 4.78 is 0. The third-order valence-corrected chi connectivity index (χ3v) is 3.19. The number of carbonyl (C=O) groups excluding carboxylic acids is 1. The second kappa shape index (κ2) is 5.27. The number of H-pyrrole nitrogens is 1. The lowest BCUT2D eigenvalue weighted by Gasteiger charge is -2.09. The molecule has 1 unspecified atom stereocenters. The summed E-state index contributed by atoms with van der Waals surface area (Å²) in [5.41, 5.74) is 0.383. The van der Waals surface area contributed by atoms with E-state index >= 15 is 0 Å². The van der Waals surface area contributed by atoms with Crippen LogP contribution >= 0.6 is 11.3 Å². The molecule has 2 N–H and O–H groups in total. The maximum atomic E-state index is 11.9. The fourth-order valence-electron chi connectivity index (χ4n) is 1.59. The molecule has 0 spiro atoms. The van der Waals surface area contributed by atoms with Crippen LogP contribution in [-0.4, -0.2) is 26.1 Å². The summed E-state index contributed by atoms with van der Waals surface area (Å²) in [7, 11) is 0. The van der Waals surface area contributed by atoms with Crippen molar-refractivity contribution in [2.75, 3.05) is 0 Å². The van der Waals surface area contributed by atoms with E-state index in [-0.39, 0.29) is 17.2 Å². The average Bonchev–Trinajstić information content (AvgIpc) is 2.74. The first-order valence-corrected chi connectivity index (χ1v) is 6.52. The number of carbonyl (C=O) groups is 1. The Hall–Kier alpha value is -2.09. The van der Waals surface area contributed by atoms with Crippen molar-refractivity contribution in [2.45, 2.75) is 26.8 Å². The van der Waals surface area contributed by atoms with Gasteiger partial charge in [0.15, 0.2) is 11.5 Å². The van der Waals surface area contributed by atoms with Gasteiger partial charge in [-0.2, -0.15) is 0 Å². The molecule has 0 fully saturated rings. The van der Waals surface area contributed by atoms with Crippen molar-refractivity contribution in [2.24, 2.45) is 0 Å². The van der Waals surface area contributed by atoms with Gasteiger partial charge in [-0.3, -0.25) is 9.59 Å². The van der Waals surface area contributed by atoms with E-state index in [2.05, 4.69) is 25.5 Å². The van der Waals surface area contributed by atoms with Crippen LogP contribution in [0.1, 0.15) is 30.6 Å². The molecule has 19 heavy (non-hydrogen) atoms. The SMILES string of the molecule is CC(=O)NC(C)c1nnc(-c2csc(C)n2)[nH]c1=O. The fraction of sp³-hybridized carbons (Fsp3) is 0.364. The smallest absolute Gasteiger partial charge is 0.275 e. The third kappa shape index (κ3) is 3.02. The number of hydrogen-bond donors (Lipinski definition) is 2. The maximum absolute atomic E-state index is 11.9. The highest BCUT2D eigenvalue weighted by Gasteiger charge is 2.15. The van der Waals surface area contributed by atoms with Crippen LogP contribution in [0, 0.1) is 6.92 Å². The molecule has 0 aliphatic rings. The third-order valence-electron chi connectivity index (χ3n) is 2.41. The zero-order valence-corrected chi connectivity index (χ0v) is 11.5. The van der Waals surface area contributed by atoms with Crippen LogP contribution < -0.4 is 10.9 Å². The first kappa shape index (κ1) is 13.3. The van der Waals surface area contributed by atoms with Gasteiger partial charge < -0.3 is 10.3 Å². The molecule has 0 aromatic carbocycles. The van der Waals surface area contributed by atoms with E-state index in [1.54, 1.807) is 12.3 Å². The second-order valence-electron chi connectivity index (χ2n) is 4.06. The van der Waals surface area contributed by atoms with Crippen LogP contribution in [0.5, 0.6) is 0 Å². The van der Waals surface area contributed by atoms with Crippen molar-refractivity contribution in [3.63, 3.8) is 0 Å². The fourth-order valence-corrected chi connectivity index (χ4v) is 2.19. The minimum Gasteiger partial charge on any atom is -0.348 e. The Balaban J connectivity index is 2.32. The van der Waals surface area contributed by atoms with Gasteiger partial charge in [0.2, 0.25) is 5.91 Å². The Morgan fingerprint density at radius 2 is 2.21 bits per heavy atom. The second-order valence-corrected chi connectivity index (χ2v) is 5.12. The van der Waals surface area contributed by atoms with Gasteiger partial charge in [-0.05, 0) is 13.8 Å². The molecule has 2 aromatic rings. The Morgan fingerprint density at radius 3 is 2.74 bits per heavy atom. The van der Waals surface area contributed by atoms with Crippen LogP contribution in [0.2, 0.25) is 0 Å². The lowest BCUT2D eigenvalue weighted by molar-refractivity contribution is -0.119. The summed E-state index contributed by atoms with van der Waals surface area (Å²) in [5, 5.41) is 13.1. The highest BCUT2D eigenvalue weighted by molar-refractivity contribution is 7.09. The van der Waals surface area contributed by atoms with Gasteiger partial charge in [-0.25, -0.2) is 4.98 Å². The zero-order valence-electron chi connectivity index (χ0n) is 10.7. The number of rotatable bonds is 3. The summed E-state index contributed by atoms with van der Waals surface area (Å²) in [6.07, 6.45) is 0. The molecule has 0 radical (unpaired) electrons. The van der Waals surface area contributed by atoms with Crippen molar-refractivity contribution >= 4 is 17.2 Å². The van der Waals surface area contributed by atoms with Crippen LogP contribution in [0.4, 0.5) is 0 Å². The summed E-state index contributed by atoms with van der Waals surface area (Å²) in [4.78, 5) is 29.7. The Labute approximate surface area is 113 Å². The lowest BCUT2D eigenvalue weighted by Crippen LogP contribution is -2.30. The number of aromatic nitrogens is 4. The summed E-state index contributed by atoms with van der Waals surface area (Å²) in [6, 6.07) is -0.486. The van der Waals surface area contributed by atoms with Gasteiger partial charge in [-0.1, -0.05) is 0 Å². The van der Waals surface area contributed by atoms with Crippen molar-refractivity contribution in [1.82, 2.24) is 25.5 Å². The predicted molar refractivity (Wildman–Crippen MR) is 70.7 cm³/mol. The predicted octanol–water partition coefficient (Wildman–Crippen LogP) is 0.794. The van der Waals surface area contributed by atoms with Crippen LogP contribution in [0.3, 0.4) is 0 Å². The van der Waals surface area contributed by atoms with E-state index in [4.69, 9.17) is 0 Å². The van der Waals surface area contributed by atoms with Gasteiger partial charge in [0.25, 0.3) is 5.56 Å². The van der Waals surface area contributed by atoms with E-state index < -0.39 is 6.04 Å². The van der Waals surface area contributed by atoms with Gasteiger partial charge in [0.1, 0.15) is 5.69 Å². The first-order chi connectivity index (χ1) is 8.97. The number of thiazole rings is 1. The Bertz CT molecular complexity index is 663. The minimum atomic E-state index is -0.486. The lowest BCUT2D eigenvalue weighted by atomic mass is 10.2. The summed E-state index contributed by atoms with van der Waals surface area (Å²) >= 11 is 1.47. The van der Waals surface area contributed by atoms with Crippen molar-refractivity contribution in [3.05, 3.63) is 26.4 Å². The van der Waals surface area contributed by atoms with Gasteiger partial charge >= 0.3 is 0 Å². The molecule has 0 saturated carbocycles. The standard InChI is InChI=1S/C11H13N5O2S/c1-5(12-6(2)17)9-11(18)14-10(16-15-9)8-4-19-7(3)13-8/h4-5H,1-3H3,(H,12,17)(H,14,16,18). The van der Waals surface area contributed by atoms with Crippen LogP contribution in [0.25, 0.3) is 11.5 Å². The molecule has 1 atom stereocenters. The molecule has 1 amide bonds. The molecular formula is C11H13N5O2S. The largest absolute Gasteiger partial charge is 0.348 e. The molecule has 0 bridgehead atoms. The monoisotopic (exact) mass is 279 g/mol. The molecule has 0 aliphatic carbocycles. The molecule has 0 saturated heterocycles. The number of hydrogen-bond acceptors (Lipinski definition) is 6. The van der Waals surface area contributed by atoms with Gasteiger partial charge in [0, 0.05) is 12.3 Å². The minimum absolute atomic E-state index is 0.172. The number of nitrogens with zero attached hydrogens (tertiary/aromatic N) is 3. The van der Waals surface area contributed by atoms with E-state index in [1.807, 2.05) is 6.92 Å². The summed E-state index contributed by atoms with van der Waals surface area (Å²) in [5.74, 6) is 0.0982. The normalized spacial score (nSPS) is 12.2. The molecule has 7 nitrogen and oxygen atoms in total. The van der Waals surface area contributed by atoms with E-state index in [1.165, 1.54) is 18.3 Å². The molecule has 2 heterocycles. The maximum Gasteiger partial charge on any atom is 0.275 e. The number of nitrogens with one attached hydrogen (secondary N) is 2. The van der Waals surface area contributed by atoms with Crippen molar-refractivity contribution in [3.8, 4) is 11.5 Å². The van der Waals surface area contributed by atoms with Gasteiger partial charge in [0.05, 0.1) is 11.0 Å². The molecule has 2 aromatic heterocycles. The summed E-state index contributed by atoms with van der Waals surface area (Å²) in [6.45, 7) is 4.92. The number of aryl methyl sites for hydroxylation is 1. The average molecular weight is 279 g/mol. The van der Waals surface area contributed by atoms with Crippen LogP contribution in [-0.2, 0) is 4.79 Å². The van der Waals surface area contributed by atoms with E-state index in [0.717, 1.165) is 5.01 Å².